The van der Waals surface area contributed by atoms with Gasteiger partial charge in [-0.15, -0.1) is 0 Å². The van der Waals surface area contributed by atoms with Crippen LogP contribution in [0.15, 0.2) is 23.1 Å². The number of nitrogen functional groups attached to an aromatic ring is 1. The van der Waals surface area contributed by atoms with E-state index in [0.29, 0.717) is 11.3 Å². The van der Waals surface area contributed by atoms with Gasteiger partial charge in [-0.25, -0.2) is 26.3 Å². The summed E-state index contributed by atoms with van der Waals surface area (Å²) in [5.74, 6) is 0. The number of sulfonamides is 2. The van der Waals surface area contributed by atoms with Crippen LogP contribution in [0.25, 0.3) is 0 Å². The predicted molar refractivity (Wildman–Crippen MR) is 82.8 cm³/mol. The average molecular weight is 335 g/mol. The Labute approximate surface area is 126 Å². The predicted octanol–water partition coefficient (Wildman–Crippen LogP) is 0.183. The van der Waals surface area contributed by atoms with Gasteiger partial charge < -0.3 is 5.73 Å². The molecule has 0 radical (unpaired) electrons. The highest BCUT2D eigenvalue weighted by atomic mass is 32.2. The summed E-state index contributed by atoms with van der Waals surface area (Å²) in [6.07, 6.45) is 1.02. The molecule has 9 heteroatoms. The van der Waals surface area contributed by atoms with E-state index in [1.807, 2.05) is 0 Å². The SMILES string of the molecule is Cc1c(N)cccc1S(=O)(=O)NCC(C)(C)NS(C)(=O)=O. The molecule has 120 valence electrons. The van der Waals surface area contributed by atoms with E-state index >= 15 is 0 Å². The minimum atomic E-state index is -3.77. The van der Waals surface area contributed by atoms with Crippen molar-refractivity contribution in [1.29, 1.82) is 0 Å². The lowest BCUT2D eigenvalue weighted by atomic mass is 10.1. The fraction of sp³-hybridized carbons (Fsp3) is 0.500. The molecule has 1 aromatic rings. The number of hydrogen-bond acceptors (Lipinski definition) is 5. The maximum atomic E-state index is 12.3. The molecule has 0 spiro atoms. The summed E-state index contributed by atoms with van der Waals surface area (Å²) in [5.41, 5.74) is 5.59. The lowest BCUT2D eigenvalue weighted by Gasteiger charge is -2.25. The van der Waals surface area contributed by atoms with Crippen LogP contribution >= 0.6 is 0 Å². The Balaban J connectivity index is 2.95. The summed E-state index contributed by atoms with van der Waals surface area (Å²) in [7, 11) is -7.20. The van der Waals surface area contributed by atoms with Gasteiger partial charge in [0.05, 0.1) is 11.2 Å². The Morgan fingerprint density at radius 1 is 1.19 bits per heavy atom. The van der Waals surface area contributed by atoms with Crippen LogP contribution in [0.1, 0.15) is 19.4 Å². The second-order valence-electron chi connectivity index (χ2n) is 5.55. The molecular formula is C12H21N3O4S2. The maximum Gasteiger partial charge on any atom is 0.240 e. The number of rotatable bonds is 6. The van der Waals surface area contributed by atoms with Crippen LogP contribution in [0.4, 0.5) is 5.69 Å². The summed E-state index contributed by atoms with van der Waals surface area (Å²) in [5, 5.41) is 0. The Bertz CT molecular complexity index is 725. The highest BCUT2D eigenvalue weighted by Gasteiger charge is 2.26. The van der Waals surface area contributed by atoms with Gasteiger partial charge in [-0.3, -0.25) is 0 Å². The fourth-order valence-corrected chi connectivity index (χ4v) is 4.37. The molecule has 7 nitrogen and oxygen atoms in total. The van der Waals surface area contributed by atoms with Gasteiger partial charge in [0, 0.05) is 17.8 Å². The van der Waals surface area contributed by atoms with E-state index in [2.05, 4.69) is 9.44 Å². The zero-order valence-electron chi connectivity index (χ0n) is 12.5. The fourth-order valence-electron chi connectivity index (χ4n) is 1.81. The van der Waals surface area contributed by atoms with Crippen molar-refractivity contribution in [1.82, 2.24) is 9.44 Å². The minimum Gasteiger partial charge on any atom is -0.398 e. The van der Waals surface area contributed by atoms with E-state index in [4.69, 9.17) is 5.73 Å². The van der Waals surface area contributed by atoms with Crippen molar-refractivity contribution in [3.05, 3.63) is 23.8 Å². The van der Waals surface area contributed by atoms with E-state index in [9.17, 15) is 16.8 Å². The van der Waals surface area contributed by atoms with E-state index < -0.39 is 25.6 Å². The average Bonchev–Trinajstić information content (AvgIpc) is 2.27. The summed E-state index contributed by atoms with van der Waals surface area (Å²) >= 11 is 0. The zero-order chi connectivity index (χ0) is 16.5. The van der Waals surface area contributed by atoms with Crippen LogP contribution in [0, 0.1) is 6.92 Å². The molecule has 0 heterocycles. The molecule has 21 heavy (non-hydrogen) atoms. The third-order valence-electron chi connectivity index (χ3n) is 2.78. The lowest BCUT2D eigenvalue weighted by molar-refractivity contribution is 0.446. The second kappa shape index (κ2) is 5.91. The number of nitrogens with two attached hydrogens (primary N) is 1. The van der Waals surface area contributed by atoms with Gasteiger partial charge in [-0.2, -0.15) is 0 Å². The van der Waals surface area contributed by atoms with Crippen molar-refractivity contribution in [2.75, 3.05) is 18.5 Å². The lowest BCUT2D eigenvalue weighted by Crippen LogP contribution is -2.50. The Hall–Kier alpha value is -1.16. The van der Waals surface area contributed by atoms with Crippen molar-refractivity contribution in [2.24, 2.45) is 0 Å². The molecule has 0 saturated heterocycles. The third-order valence-corrected chi connectivity index (χ3v) is 5.25. The first-order valence-electron chi connectivity index (χ1n) is 6.18. The van der Waals surface area contributed by atoms with Gasteiger partial charge in [0.2, 0.25) is 20.0 Å². The van der Waals surface area contributed by atoms with Crippen LogP contribution in [0.2, 0.25) is 0 Å². The van der Waals surface area contributed by atoms with Gasteiger partial charge in [-0.1, -0.05) is 6.07 Å². The Morgan fingerprint density at radius 2 is 1.76 bits per heavy atom. The number of anilines is 1. The molecule has 4 N–H and O–H groups in total. The molecule has 0 bridgehead atoms. The van der Waals surface area contributed by atoms with Gasteiger partial charge in [0.25, 0.3) is 0 Å². The van der Waals surface area contributed by atoms with Crippen LogP contribution < -0.4 is 15.2 Å². The van der Waals surface area contributed by atoms with Crippen molar-refractivity contribution >= 4 is 25.7 Å². The Morgan fingerprint density at radius 3 is 2.29 bits per heavy atom. The maximum absolute atomic E-state index is 12.3. The van der Waals surface area contributed by atoms with Gasteiger partial charge in [0.1, 0.15) is 0 Å². The van der Waals surface area contributed by atoms with Gasteiger partial charge >= 0.3 is 0 Å². The molecule has 0 amide bonds. The molecule has 0 fully saturated rings. The van der Waals surface area contributed by atoms with Crippen LogP contribution in [-0.4, -0.2) is 35.2 Å². The van der Waals surface area contributed by atoms with Crippen molar-refractivity contribution in [2.45, 2.75) is 31.2 Å². The van der Waals surface area contributed by atoms with Crippen molar-refractivity contribution in [3.63, 3.8) is 0 Å². The highest BCUT2D eigenvalue weighted by Crippen LogP contribution is 2.20. The molecule has 0 aliphatic rings. The molecule has 1 aromatic carbocycles. The number of benzene rings is 1. The molecule has 0 aromatic heterocycles. The van der Waals surface area contributed by atoms with Gasteiger partial charge in [0.15, 0.2) is 0 Å². The van der Waals surface area contributed by atoms with E-state index in [1.54, 1.807) is 32.9 Å². The molecular weight excluding hydrogens is 314 g/mol. The summed E-state index contributed by atoms with van der Waals surface area (Å²) < 4.78 is 51.8. The standard InChI is InChI=1S/C12H21N3O4S2/c1-9-10(13)6-5-7-11(9)21(18,19)14-8-12(2,3)15-20(4,16)17/h5-7,14-15H,8,13H2,1-4H3. The smallest absolute Gasteiger partial charge is 0.240 e. The summed E-state index contributed by atoms with van der Waals surface area (Å²) in [6.45, 7) is 4.70. The molecule has 1 rings (SSSR count). The first kappa shape index (κ1) is 17.9. The highest BCUT2D eigenvalue weighted by molar-refractivity contribution is 7.89. The zero-order valence-corrected chi connectivity index (χ0v) is 14.1. The van der Waals surface area contributed by atoms with E-state index in [1.165, 1.54) is 6.07 Å². The van der Waals surface area contributed by atoms with E-state index in [-0.39, 0.29) is 11.4 Å². The molecule has 0 unspecified atom stereocenters. The summed E-state index contributed by atoms with van der Waals surface area (Å²) in [4.78, 5) is 0.0812. The quantitative estimate of drug-likeness (QED) is 0.641. The van der Waals surface area contributed by atoms with Crippen LogP contribution in [0.5, 0.6) is 0 Å². The molecule has 0 atom stereocenters. The topological polar surface area (TPSA) is 118 Å². The van der Waals surface area contributed by atoms with Gasteiger partial charge in [-0.05, 0) is 38.5 Å². The Kier molecular flexibility index (Phi) is 5.04. The van der Waals surface area contributed by atoms with Crippen molar-refractivity contribution < 1.29 is 16.8 Å². The van der Waals surface area contributed by atoms with Crippen LogP contribution in [-0.2, 0) is 20.0 Å². The molecule has 0 saturated carbocycles. The first-order chi connectivity index (χ1) is 9.34. The van der Waals surface area contributed by atoms with Crippen LogP contribution in [0.3, 0.4) is 0 Å². The second-order valence-corrected chi connectivity index (χ2v) is 9.04. The van der Waals surface area contributed by atoms with E-state index in [0.717, 1.165) is 6.26 Å². The largest absolute Gasteiger partial charge is 0.398 e. The molecule has 0 aliphatic carbocycles. The molecule has 0 aliphatic heterocycles. The number of hydrogen-bond donors (Lipinski definition) is 3. The third kappa shape index (κ3) is 5.27. The minimum absolute atomic E-state index is 0.0812. The monoisotopic (exact) mass is 335 g/mol. The summed E-state index contributed by atoms with van der Waals surface area (Å²) in [6, 6.07) is 4.62. The normalized spacial score (nSPS) is 13.3. The number of nitrogens with one attached hydrogen (secondary N) is 2. The first-order valence-corrected chi connectivity index (χ1v) is 9.55. The van der Waals surface area contributed by atoms with Crippen molar-refractivity contribution in [3.8, 4) is 0 Å².